The first kappa shape index (κ1) is 20.4. The molecule has 0 spiro atoms. The zero-order valence-electron chi connectivity index (χ0n) is 14.8. The molecule has 0 amide bonds. The molecule has 1 N–H and O–H groups in total. The highest BCUT2D eigenvalue weighted by Crippen LogP contribution is 2.30. The van der Waals surface area contributed by atoms with Crippen LogP contribution >= 0.6 is 0 Å². The van der Waals surface area contributed by atoms with Gasteiger partial charge >= 0.3 is 5.97 Å². The first-order valence-corrected chi connectivity index (χ1v) is 9.07. The summed E-state index contributed by atoms with van der Waals surface area (Å²) in [7, 11) is 0. The molecule has 0 heterocycles. The minimum Gasteiger partial charge on any atom is -0.480 e. The highest BCUT2D eigenvalue weighted by Gasteiger charge is 2.42. The normalized spacial score (nSPS) is 12.0. The summed E-state index contributed by atoms with van der Waals surface area (Å²) in [6, 6.07) is 0. The van der Waals surface area contributed by atoms with E-state index in [9.17, 15) is 9.90 Å². The van der Waals surface area contributed by atoms with Gasteiger partial charge in [-0.2, -0.15) is 0 Å². The van der Waals surface area contributed by atoms with Gasteiger partial charge in [-0.3, -0.25) is 9.69 Å². The maximum atomic E-state index is 12.2. The number of aliphatic carboxylic acids is 1. The summed E-state index contributed by atoms with van der Waals surface area (Å²) in [5.74, 6) is -0.600. The predicted molar refractivity (Wildman–Crippen MR) is 90.8 cm³/mol. The summed E-state index contributed by atoms with van der Waals surface area (Å²) in [4.78, 5) is 14.5. The first-order chi connectivity index (χ1) is 10.1. The molecule has 0 bridgehead atoms. The van der Waals surface area contributed by atoms with E-state index in [1.54, 1.807) is 0 Å². The Bertz CT molecular complexity index is 250. The lowest BCUT2D eigenvalue weighted by Crippen LogP contribution is -2.55. The maximum Gasteiger partial charge on any atom is 0.324 e. The maximum absolute atomic E-state index is 12.2. The summed E-state index contributed by atoms with van der Waals surface area (Å²) >= 11 is 0. The van der Waals surface area contributed by atoms with E-state index in [4.69, 9.17) is 0 Å². The molecule has 0 aromatic rings. The Kier molecular flexibility index (Phi) is 11.7. The van der Waals surface area contributed by atoms with E-state index in [-0.39, 0.29) is 0 Å². The summed E-state index contributed by atoms with van der Waals surface area (Å²) in [6.07, 6.45) is 10.2. The average molecular weight is 299 g/mol. The molecule has 0 aliphatic carbocycles. The molecule has 0 aromatic heterocycles. The molecule has 0 aliphatic heterocycles. The fraction of sp³-hybridized carbons (Fsp3) is 0.944. The van der Waals surface area contributed by atoms with Crippen molar-refractivity contribution in [2.75, 3.05) is 13.1 Å². The lowest BCUT2D eigenvalue weighted by molar-refractivity contribution is -0.153. The van der Waals surface area contributed by atoms with Crippen LogP contribution < -0.4 is 0 Å². The van der Waals surface area contributed by atoms with Crippen LogP contribution in [0.3, 0.4) is 0 Å². The lowest BCUT2D eigenvalue weighted by atomic mass is 9.84. The standard InChI is InChI=1S/C18H37NO2/c1-5-9-13-18(17(20)21,14-10-6-2)19(15-11-7-3)16-12-8-4/h5-16H2,1-4H3,(H,20,21). The highest BCUT2D eigenvalue weighted by molar-refractivity contribution is 5.78. The second-order valence-corrected chi connectivity index (χ2v) is 6.24. The second kappa shape index (κ2) is 12.0. The Morgan fingerprint density at radius 1 is 0.810 bits per heavy atom. The summed E-state index contributed by atoms with van der Waals surface area (Å²) in [5, 5.41) is 10.0. The van der Waals surface area contributed by atoms with Crippen LogP contribution in [0, 0.1) is 0 Å². The van der Waals surface area contributed by atoms with E-state index in [1.807, 2.05) is 0 Å². The van der Waals surface area contributed by atoms with Crippen LogP contribution in [-0.4, -0.2) is 34.6 Å². The zero-order chi connectivity index (χ0) is 16.1. The van der Waals surface area contributed by atoms with E-state index in [0.29, 0.717) is 0 Å². The Hall–Kier alpha value is -0.570. The quantitative estimate of drug-likeness (QED) is 0.485. The average Bonchev–Trinajstić information content (AvgIpc) is 2.48. The fourth-order valence-corrected chi connectivity index (χ4v) is 2.97. The number of unbranched alkanes of at least 4 members (excludes halogenated alkanes) is 4. The number of nitrogens with zero attached hydrogens (tertiary/aromatic N) is 1. The van der Waals surface area contributed by atoms with Crippen LogP contribution in [0.15, 0.2) is 0 Å². The molecule has 3 nitrogen and oxygen atoms in total. The molecular formula is C18H37NO2. The Balaban J connectivity index is 5.21. The van der Waals surface area contributed by atoms with Crippen molar-refractivity contribution >= 4 is 5.97 Å². The van der Waals surface area contributed by atoms with Crippen LogP contribution in [0.2, 0.25) is 0 Å². The van der Waals surface area contributed by atoms with Crippen molar-refractivity contribution in [2.24, 2.45) is 0 Å². The van der Waals surface area contributed by atoms with Gasteiger partial charge in [0.1, 0.15) is 5.54 Å². The Morgan fingerprint density at radius 2 is 1.19 bits per heavy atom. The van der Waals surface area contributed by atoms with Crippen LogP contribution in [0.5, 0.6) is 0 Å². The van der Waals surface area contributed by atoms with Crippen LogP contribution in [0.1, 0.15) is 91.9 Å². The predicted octanol–water partition coefficient (Wildman–Crippen LogP) is 5.09. The van der Waals surface area contributed by atoms with Crippen LogP contribution in [0.4, 0.5) is 0 Å². The molecule has 126 valence electrons. The van der Waals surface area contributed by atoms with Crippen molar-refractivity contribution in [3.63, 3.8) is 0 Å². The number of carboxylic acids is 1. The molecule has 21 heavy (non-hydrogen) atoms. The Morgan fingerprint density at radius 3 is 1.48 bits per heavy atom. The zero-order valence-corrected chi connectivity index (χ0v) is 14.8. The third-order valence-electron chi connectivity index (χ3n) is 4.45. The lowest BCUT2D eigenvalue weighted by Gasteiger charge is -2.41. The van der Waals surface area contributed by atoms with E-state index in [2.05, 4.69) is 32.6 Å². The van der Waals surface area contributed by atoms with Gasteiger partial charge in [-0.25, -0.2) is 0 Å². The van der Waals surface area contributed by atoms with Crippen molar-refractivity contribution in [3.05, 3.63) is 0 Å². The monoisotopic (exact) mass is 299 g/mol. The molecule has 0 rings (SSSR count). The van der Waals surface area contributed by atoms with Gasteiger partial charge in [-0.1, -0.05) is 66.2 Å². The fourth-order valence-electron chi connectivity index (χ4n) is 2.97. The molecule has 0 aromatic carbocycles. The number of hydrogen-bond acceptors (Lipinski definition) is 2. The smallest absolute Gasteiger partial charge is 0.324 e. The molecule has 0 saturated carbocycles. The second-order valence-electron chi connectivity index (χ2n) is 6.24. The number of carboxylic acid groups (broad SMARTS) is 1. The molecule has 0 atom stereocenters. The number of hydrogen-bond donors (Lipinski definition) is 1. The minimum absolute atomic E-state index is 0.600. The highest BCUT2D eigenvalue weighted by atomic mass is 16.4. The molecular weight excluding hydrogens is 262 g/mol. The minimum atomic E-state index is -0.629. The largest absolute Gasteiger partial charge is 0.480 e. The number of carbonyl (C=O) groups is 1. The van der Waals surface area contributed by atoms with Gasteiger partial charge in [0, 0.05) is 0 Å². The van der Waals surface area contributed by atoms with Crippen molar-refractivity contribution < 1.29 is 9.90 Å². The number of rotatable bonds is 14. The molecule has 3 heteroatoms. The summed E-state index contributed by atoms with van der Waals surface area (Å²) < 4.78 is 0. The van der Waals surface area contributed by atoms with Gasteiger partial charge in [0.05, 0.1) is 0 Å². The third kappa shape index (κ3) is 6.82. The summed E-state index contributed by atoms with van der Waals surface area (Å²) in [5.41, 5.74) is -0.629. The van der Waals surface area contributed by atoms with Gasteiger partial charge in [0.25, 0.3) is 0 Å². The van der Waals surface area contributed by atoms with Gasteiger partial charge in [0.2, 0.25) is 0 Å². The van der Waals surface area contributed by atoms with Gasteiger partial charge in [-0.15, -0.1) is 0 Å². The molecule has 0 fully saturated rings. The van der Waals surface area contributed by atoms with Gasteiger partial charge in [0.15, 0.2) is 0 Å². The van der Waals surface area contributed by atoms with Crippen molar-refractivity contribution in [2.45, 2.75) is 97.4 Å². The molecule has 0 saturated heterocycles. The SMILES string of the molecule is CCCCN(CCCC)C(CCCC)(CCCC)C(=O)O. The van der Waals surface area contributed by atoms with Crippen molar-refractivity contribution in [1.29, 1.82) is 0 Å². The molecule has 0 aliphatic rings. The van der Waals surface area contributed by atoms with E-state index < -0.39 is 11.5 Å². The topological polar surface area (TPSA) is 40.5 Å². The van der Waals surface area contributed by atoms with E-state index in [1.165, 1.54) is 0 Å². The summed E-state index contributed by atoms with van der Waals surface area (Å²) in [6.45, 7) is 10.5. The van der Waals surface area contributed by atoms with E-state index >= 15 is 0 Å². The van der Waals surface area contributed by atoms with E-state index in [0.717, 1.165) is 77.3 Å². The van der Waals surface area contributed by atoms with Crippen molar-refractivity contribution in [1.82, 2.24) is 4.90 Å². The van der Waals surface area contributed by atoms with Crippen LogP contribution in [-0.2, 0) is 4.79 Å². The molecule has 0 unspecified atom stereocenters. The van der Waals surface area contributed by atoms with Crippen molar-refractivity contribution in [3.8, 4) is 0 Å². The van der Waals surface area contributed by atoms with Gasteiger partial charge < -0.3 is 5.11 Å². The Labute approximate surface area is 132 Å². The van der Waals surface area contributed by atoms with Crippen LogP contribution in [0.25, 0.3) is 0 Å². The first-order valence-electron chi connectivity index (χ1n) is 9.07. The third-order valence-corrected chi connectivity index (χ3v) is 4.45. The molecule has 0 radical (unpaired) electrons. The van der Waals surface area contributed by atoms with Gasteiger partial charge in [-0.05, 0) is 38.8 Å².